The van der Waals surface area contributed by atoms with Crippen LogP contribution in [0.3, 0.4) is 0 Å². The summed E-state index contributed by atoms with van der Waals surface area (Å²) < 4.78 is 26.3. The molecule has 2 rings (SSSR count). The zero-order valence-electron chi connectivity index (χ0n) is 10.4. The molecule has 1 saturated heterocycles. The Kier molecular flexibility index (Phi) is 3.83. The summed E-state index contributed by atoms with van der Waals surface area (Å²) in [4.78, 5) is 10.0. The second kappa shape index (κ2) is 5.24. The van der Waals surface area contributed by atoms with Crippen LogP contribution in [-0.2, 0) is 10.0 Å². The Bertz CT molecular complexity index is 587. The molecule has 19 heavy (non-hydrogen) atoms. The summed E-state index contributed by atoms with van der Waals surface area (Å²) >= 11 is 0. The second-order valence-electron chi connectivity index (χ2n) is 4.39. The molecule has 1 heterocycles. The van der Waals surface area contributed by atoms with Crippen LogP contribution in [0.15, 0.2) is 29.2 Å². The number of nitro benzene ring substituents is 1. The molecule has 7 nitrogen and oxygen atoms in total. The monoisotopic (exact) mass is 285 g/mol. The van der Waals surface area contributed by atoms with Crippen LogP contribution in [0, 0.1) is 10.1 Å². The van der Waals surface area contributed by atoms with Gasteiger partial charge in [0.1, 0.15) is 0 Å². The summed E-state index contributed by atoms with van der Waals surface area (Å²) in [5, 5.41) is 14.0. The van der Waals surface area contributed by atoms with Crippen molar-refractivity contribution in [1.29, 1.82) is 0 Å². The molecule has 1 fully saturated rings. The summed E-state index contributed by atoms with van der Waals surface area (Å²) in [5.41, 5.74) is -0.381. The van der Waals surface area contributed by atoms with Gasteiger partial charge in [0.25, 0.3) is 5.69 Å². The average Bonchev–Trinajstić information content (AvgIpc) is 2.39. The van der Waals surface area contributed by atoms with Crippen LogP contribution in [0.2, 0.25) is 0 Å². The molecule has 0 bridgehead atoms. The number of sulfonamides is 1. The summed E-state index contributed by atoms with van der Waals surface area (Å²) in [7, 11) is -3.84. The van der Waals surface area contributed by atoms with Crippen LogP contribution in [-0.4, -0.2) is 43.3 Å². The van der Waals surface area contributed by atoms with E-state index in [0.717, 1.165) is 0 Å². The number of piperazine rings is 1. The van der Waals surface area contributed by atoms with Gasteiger partial charge >= 0.3 is 0 Å². The van der Waals surface area contributed by atoms with E-state index in [-0.39, 0.29) is 16.6 Å². The van der Waals surface area contributed by atoms with E-state index in [2.05, 4.69) is 5.32 Å². The molecule has 1 aliphatic rings. The fourth-order valence-corrected chi connectivity index (χ4v) is 3.92. The van der Waals surface area contributed by atoms with E-state index in [1.165, 1.54) is 28.6 Å². The highest BCUT2D eigenvalue weighted by Gasteiger charge is 2.35. The third-order valence-electron chi connectivity index (χ3n) is 3.09. The first-order valence-electron chi connectivity index (χ1n) is 5.90. The summed E-state index contributed by atoms with van der Waals surface area (Å²) in [6.07, 6.45) is 0. The lowest BCUT2D eigenvalue weighted by Gasteiger charge is -2.32. The Hall–Kier alpha value is -1.51. The predicted molar refractivity (Wildman–Crippen MR) is 69.3 cm³/mol. The minimum absolute atomic E-state index is 0.224. The van der Waals surface area contributed by atoms with Crippen molar-refractivity contribution >= 4 is 15.7 Å². The molecule has 0 saturated carbocycles. The van der Waals surface area contributed by atoms with Crippen LogP contribution < -0.4 is 5.32 Å². The average molecular weight is 285 g/mol. The molecule has 0 radical (unpaired) electrons. The molecule has 1 atom stereocenters. The highest BCUT2D eigenvalue weighted by Crippen LogP contribution is 2.27. The van der Waals surface area contributed by atoms with Crippen molar-refractivity contribution in [1.82, 2.24) is 9.62 Å². The molecule has 1 aromatic rings. The van der Waals surface area contributed by atoms with Gasteiger partial charge in [0.05, 0.1) is 4.92 Å². The zero-order chi connectivity index (χ0) is 14.0. The van der Waals surface area contributed by atoms with E-state index in [9.17, 15) is 18.5 Å². The molecule has 1 unspecified atom stereocenters. The number of rotatable bonds is 3. The zero-order valence-corrected chi connectivity index (χ0v) is 11.3. The van der Waals surface area contributed by atoms with Gasteiger partial charge in [-0.3, -0.25) is 10.1 Å². The van der Waals surface area contributed by atoms with E-state index >= 15 is 0 Å². The highest BCUT2D eigenvalue weighted by molar-refractivity contribution is 7.89. The van der Waals surface area contributed by atoms with Gasteiger partial charge in [-0.25, -0.2) is 8.42 Å². The first-order chi connectivity index (χ1) is 8.94. The molecule has 0 spiro atoms. The van der Waals surface area contributed by atoms with Gasteiger partial charge in [-0.2, -0.15) is 4.31 Å². The summed E-state index contributed by atoms with van der Waals surface area (Å²) in [5.74, 6) is 0. The summed E-state index contributed by atoms with van der Waals surface area (Å²) in [6, 6.07) is 5.21. The number of para-hydroxylation sites is 1. The minimum atomic E-state index is -3.84. The molecule has 1 aliphatic heterocycles. The van der Waals surface area contributed by atoms with E-state index in [0.29, 0.717) is 19.6 Å². The lowest BCUT2D eigenvalue weighted by molar-refractivity contribution is -0.387. The first kappa shape index (κ1) is 13.9. The number of benzene rings is 1. The Labute approximate surface area is 111 Å². The predicted octanol–water partition coefficient (Wildman–Crippen LogP) is 0.577. The van der Waals surface area contributed by atoms with Crippen molar-refractivity contribution in [3.8, 4) is 0 Å². The third kappa shape index (κ3) is 2.60. The van der Waals surface area contributed by atoms with Crippen molar-refractivity contribution in [2.75, 3.05) is 19.6 Å². The lowest BCUT2D eigenvalue weighted by Crippen LogP contribution is -2.52. The van der Waals surface area contributed by atoms with Gasteiger partial charge in [0, 0.05) is 31.7 Å². The maximum absolute atomic E-state index is 12.5. The van der Waals surface area contributed by atoms with Crippen molar-refractivity contribution in [3.63, 3.8) is 0 Å². The molecule has 0 aliphatic carbocycles. The quantitative estimate of drug-likeness (QED) is 0.647. The normalized spacial score (nSPS) is 21.2. The van der Waals surface area contributed by atoms with Gasteiger partial charge < -0.3 is 5.32 Å². The van der Waals surface area contributed by atoms with Gasteiger partial charge in [0.15, 0.2) is 4.90 Å². The fourth-order valence-electron chi connectivity index (χ4n) is 2.13. The van der Waals surface area contributed by atoms with Crippen LogP contribution in [0.1, 0.15) is 6.92 Å². The number of nitro groups is 1. The molecule has 0 amide bonds. The maximum Gasteiger partial charge on any atom is 0.289 e. The topological polar surface area (TPSA) is 92.6 Å². The van der Waals surface area contributed by atoms with E-state index in [1.807, 2.05) is 0 Å². The molecule has 0 aromatic heterocycles. The molecule has 1 N–H and O–H groups in total. The van der Waals surface area contributed by atoms with Crippen molar-refractivity contribution in [3.05, 3.63) is 34.4 Å². The van der Waals surface area contributed by atoms with Crippen LogP contribution >= 0.6 is 0 Å². The smallest absolute Gasteiger partial charge is 0.289 e. The van der Waals surface area contributed by atoms with Crippen molar-refractivity contribution in [2.45, 2.75) is 17.9 Å². The number of hydrogen-bond acceptors (Lipinski definition) is 5. The Morgan fingerprint density at radius 2 is 2.11 bits per heavy atom. The molecule has 104 valence electrons. The Morgan fingerprint density at radius 3 is 2.74 bits per heavy atom. The Balaban J connectivity index is 2.47. The fraction of sp³-hybridized carbons (Fsp3) is 0.455. The van der Waals surface area contributed by atoms with Gasteiger partial charge in [-0.05, 0) is 13.0 Å². The number of nitrogens with zero attached hydrogens (tertiary/aromatic N) is 2. The molecule has 8 heteroatoms. The van der Waals surface area contributed by atoms with Crippen molar-refractivity contribution < 1.29 is 13.3 Å². The highest BCUT2D eigenvalue weighted by atomic mass is 32.2. The summed E-state index contributed by atoms with van der Waals surface area (Å²) in [6.45, 7) is 3.18. The maximum atomic E-state index is 12.5. The van der Waals surface area contributed by atoms with Crippen LogP contribution in [0.5, 0.6) is 0 Å². The lowest BCUT2D eigenvalue weighted by atomic mass is 10.3. The first-order valence-corrected chi connectivity index (χ1v) is 7.34. The SMILES string of the molecule is CC1CNCCN1S(=O)(=O)c1ccccc1[N+](=O)[O-]. The van der Waals surface area contributed by atoms with Gasteiger partial charge in [0.2, 0.25) is 10.0 Å². The largest absolute Gasteiger partial charge is 0.314 e. The minimum Gasteiger partial charge on any atom is -0.314 e. The second-order valence-corrected chi connectivity index (χ2v) is 6.25. The number of hydrogen-bond donors (Lipinski definition) is 1. The standard InChI is InChI=1S/C11H15N3O4S/c1-9-8-12-6-7-13(9)19(17,18)11-5-3-2-4-10(11)14(15)16/h2-5,9,12H,6-8H2,1H3. The van der Waals surface area contributed by atoms with Gasteiger partial charge in [-0.1, -0.05) is 12.1 Å². The molecule has 1 aromatic carbocycles. The third-order valence-corrected chi connectivity index (χ3v) is 5.15. The van der Waals surface area contributed by atoms with E-state index < -0.39 is 14.9 Å². The molecular weight excluding hydrogens is 270 g/mol. The van der Waals surface area contributed by atoms with Crippen LogP contribution in [0.4, 0.5) is 5.69 Å². The van der Waals surface area contributed by atoms with Gasteiger partial charge in [-0.15, -0.1) is 0 Å². The van der Waals surface area contributed by atoms with E-state index in [1.54, 1.807) is 6.92 Å². The Morgan fingerprint density at radius 1 is 1.42 bits per heavy atom. The number of nitrogens with one attached hydrogen (secondary N) is 1. The van der Waals surface area contributed by atoms with Crippen LogP contribution in [0.25, 0.3) is 0 Å². The van der Waals surface area contributed by atoms with E-state index in [4.69, 9.17) is 0 Å². The molecular formula is C11H15N3O4S. The van der Waals surface area contributed by atoms with Crippen molar-refractivity contribution in [2.24, 2.45) is 0 Å².